The van der Waals surface area contributed by atoms with Crippen LogP contribution in [0.25, 0.3) is 11.3 Å². The Morgan fingerprint density at radius 1 is 1.32 bits per heavy atom. The van der Waals surface area contributed by atoms with E-state index in [0.717, 1.165) is 30.5 Å². The van der Waals surface area contributed by atoms with Crippen LogP contribution in [-0.2, 0) is 4.79 Å². The predicted molar refractivity (Wildman–Crippen MR) is 99.2 cm³/mol. The van der Waals surface area contributed by atoms with Crippen LogP contribution in [0.4, 0.5) is 5.13 Å². The number of benzene rings is 1. The highest BCUT2D eigenvalue weighted by Gasteiger charge is 2.32. The summed E-state index contributed by atoms with van der Waals surface area (Å²) < 4.78 is 10.6. The molecule has 1 fully saturated rings. The molecule has 0 unspecified atom stereocenters. The fraction of sp³-hybridized carbons (Fsp3) is 0.444. The Morgan fingerprint density at radius 2 is 2.12 bits per heavy atom. The molecule has 0 spiro atoms. The minimum absolute atomic E-state index is 0.00145. The normalized spacial score (nSPS) is 19.6. The molecule has 2 aromatic rings. The molecule has 0 saturated heterocycles. The van der Waals surface area contributed by atoms with Crippen molar-refractivity contribution in [3.8, 4) is 22.8 Å². The number of carbonyl (C=O) groups excluding carboxylic acids is 1. The predicted octanol–water partition coefficient (Wildman–Crippen LogP) is 3.14. The van der Waals surface area contributed by atoms with E-state index in [4.69, 9.17) is 15.2 Å². The molecule has 134 valence electrons. The Balaban J connectivity index is 1.73. The van der Waals surface area contributed by atoms with Crippen molar-refractivity contribution in [2.45, 2.75) is 19.3 Å². The maximum absolute atomic E-state index is 12.5. The lowest BCUT2D eigenvalue weighted by Gasteiger charge is -2.16. The maximum atomic E-state index is 12.5. The molecular weight excluding hydrogens is 338 g/mol. The van der Waals surface area contributed by atoms with Crippen LogP contribution in [0.15, 0.2) is 23.6 Å². The second kappa shape index (κ2) is 7.84. The average molecular weight is 361 g/mol. The zero-order valence-corrected chi connectivity index (χ0v) is 15.3. The molecule has 1 aromatic heterocycles. The Bertz CT molecular complexity index is 747. The Hall–Kier alpha value is -2.12. The van der Waals surface area contributed by atoms with Crippen molar-refractivity contribution in [1.29, 1.82) is 0 Å². The van der Waals surface area contributed by atoms with E-state index in [2.05, 4.69) is 10.3 Å². The number of hydrogen-bond donors (Lipinski definition) is 2. The summed E-state index contributed by atoms with van der Waals surface area (Å²) in [5.74, 6) is 1.63. The molecule has 6 nitrogen and oxygen atoms in total. The molecule has 1 heterocycles. The topological polar surface area (TPSA) is 86.5 Å². The third-order valence-corrected chi connectivity index (χ3v) is 5.47. The number of rotatable bonds is 6. The minimum Gasteiger partial charge on any atom is -0.493 e. The monoisotopic (exact) mass is 361 g/mol. The summed E-state index contributed by atoms with van der Waals surface area (Å²) in [6.07, 6.45) is 3.00. The molecule has 3 N–H and O–H groups in total. The van der Waals surface area contributed by atoms with E-state index in [1.54, 1.807) is 14.2 Å². The molecule has 0 bridgehead atoms. The number of nitrogens with zero attached hydrogens (tertiary/aromatic N) is 1. The van der Waals surface area contributed by atoms with E-state index in [0.29, 0.717) is 23.2 Å². The number of nitrogens with one attached hydrogen (secondary N) is 1. The molecule has 1 amide bonds. The highest BCUT2D eigenvalue weighted by atomic mass is 32.1. The molecule has 0 radical (unpaired) electrons. The number of ether oxygens (including phenoxy) is 2. The summed E-state index contributed by atoms with van der Waals surface area (Å²) in [5.41, 5.74) is 7.48. The van der Waals surface area contributed by atoms with Crippen LogP contribution in [0, 0.1) is 11.8 Å². The third kappa shape index (κ3) is 3.77. The SMILES string of the molecule is COc1ccc(-c2csc(NC(=O)[C@@H]3CCC[C@@H]3CN)n2)cc1OC. The molecule has 3 rings (SSSR count). The second-order valence-electron chi connectivity index (χ2n) is 6.13. The van der Waals surface area contributed by atoms with Crippen LogP contribution in [0.5, 0.6) is 11.5 Å². The fourth-order valence-corrected chi connectivity index (χ4v) is 4.04. The second-order valence-corrected chi connectivity index (χ2v) is 6.99. The van der Waals surface area contributed by atoms with Crippen LogP contribution in [0.2, 0.25) is 0 Å². The summed E-state index contributed by atoms with van der Waals surface area (Å²) in [5, 5.41) is 5.48. The summed E-state index contributed by atoms with van der Waals surface area (Å²) in [6, 6.07) is 5.64. The minimum atomic E-state index is -0.00145. The van der Waals surface area contributed by atoms with Gasteiger partial charge in [0, 0.05) is 16.9 Å². The number of nitrogens with two attached hydrogens (primary N) is 1. The largest absolute Gasteiger partial charge is 0.493 e. The fourth-order valence-electron chi connectivity index (χ4n) is 3.32. The number of thiazole rings is 1. The first kappa shape index (κ1) is 17.7. The number of anilines is 1. The molecule has 1 saturated carbocycles. The number of hydrogen-bond acceptors (Lipinski definition) is 6. The number of carbonyl (C=O) groups is 1. The van der Waals surface area contributed by atoms with Crippen LogP contribution in [0.1, 0.15) is 19.3 Å². The smallest absolute Gasteiger partial charge is 0.229 e. The first-order valence-electron chi connectivity index (χ1n) is 8.35. The Labute approximate surface area is 151 Å². The lowest BCUT2D eigenvalue weighted by Crippen LogP contribution is -2.29. The zero-order valence-electron chi connectivity index (χ0n) is 14.5. The molecule has 2 atom stereocenters. The van der Waals surface area contributed by atoms with Gasteiger partial charge >= 0.3 is 0 Å². The van der Waals surface area contributed by atoms with Gasteiger partial charge in [-0.1, -0.05) is 6.42 Å². The summed E-state index contributed by atoms with van der Waals surface area (Å²) in [7, 11) is 3.20. The van der Waals surface area contributed by atoms with Crippen LogP contribution >= 0.6 is 11.3 Å². The molecule has 25 heavy (non-hydrogen) atoms. The van der Waals surface area contributed by atoms with Crippen molar-refractivity contribution in [3.05, 3.63) is 23.6 Å². The molecule has 7 heteroatoms. The number of amides is 1. The van der Waals surface area contributed by atoms with E-state index in [9.17, 15) is 4.79 Å². The van der Waals surface area contributed by atoms with E-state index in [1.165, 1.54) is 11.3 Å². The van der Waals surface area contributed by atoms with Gasteiger partial charge in [-0.2, -0.15) is 0 Å². The number of aromatic nitrogens is 1. The summed E-state index contributed by atoms with van der Waals surface area (Å²) >= 11 is 1.42. The van der Waals surface area contributed by atoms with Crippen LogP contribution in [-0.4, -0.2) is 31.7 Å². The molecule has 1 aromatic carbocycles. The van der Waals surface area contributed by atoms with Crippen LogP contribution < -0.4 is 20.5 Å². The van der Waals surface area contributed by atoms with Gasteiger partial charge in [-0.05, 0) is 43.5 Å². The molecule has 1 aliphatic carbocycles. The van der Waals surface area contributed by atoms with Crippen molar-refractivity contribution in [2.24, 2.45) is 17.6 Å². The Morgan fingerprint density at radius 3 is 2.84 bits per heavy atom. The van der Waals surface area contributed by atoms with Gasteiger partial charge in [0.1, 0.15) is 0 Å². The molecule has 1 aliphatic rings. The number of methoxy groups -OCH3 is 2. The van der Waals surface area contributed by atoms with Crippen molar-refractivity contribution in [3.63, 3.8) is 0 Å². The van der Waals surface area contributed by atoms with E-state index in [-0.39, 0.29) is 17.7 Å². The lowest BCUT2D eigenvalue weighted by atomic mass is 9.95. The maximum Gasteiger partial charge on any atom is 0.229 e. The summed E-state index contributed by atoms with van der Waals surface area (Å²) in [6.45, 7) is 0.562. The molecular formula is C18H23N3O3S. The first-order valence-corrected chi connectivity index (χ1v) is 9.23. The van der Waals surface area contributed by atoms with Crippen molar-refractivity contribution < 1.29 is 14.3 Å². The van der Waals surface area contributed by atoms with Gasteiger partial charge in [0.15, 0.2) is 16.6 Å². The van der Waals surface area contributed by atoms with Gasteiger partial charge in [0.2, 0.25) is 5.91 Å². The van der Waals surface area contributed by atoms with Crippen molar-refractivity contribution in [2.75, 3.05) is 26.1 Å². The van der Waals surface area contributed by atoms with E-state index < -0.39 is 0 Å². The van der Waals surface area contributed by atoms with Gasteiger partial charge in [0.25, 0.3) is 0 Å². The quantitative estimate of drug-likeness (QED) is 0.825. The highest BCUT2D eigenvalue weighted by Crippen LogP contribution is 2.35. The zero-order chi connectivity index (χ0) is 17.8. The lowest BCUT2D eigenvalue weighted by molar-refractivity contribution is -0.120. The van der Waals surface area contributed by atoms with Crippen molar-refractivity contribution >= 4 is 22.4 Å². The van der Waals surface area contributed by atoms with Gasteiger partial charge < -0.3 is 20.5 Å². The first-order chi connectivity index (χ1) is 12.2. The van der Waals surface area contributed by atoms with Crippen LogP contribution in [0.3, 0.4) is 0 Å². The average Bonchev–Trinajstić information content (AvgIpc) is 3.30. The molecule has 0 aliphatic heterocycles. The van der Waals surface area contributed by atoms with Gasteiger partial charge in [-0.3, -0.25) is 4.79 Å². The van der Waals surface area contributed by atoms with Gasteiger partial charge in [-0.25, -0.2) is 4.98 Å². The third-order valence-electron chi connectivity index (χ3n) is 4.71. The van der Waals surface area contributed by atoms with Crippen molar-refractivity contribution in [1.82, 2.24) is 4.98 Å². The Kier molecular flexibility index (Phi) is 5.55. The van der Waals surface area contributed by atoms with E-state index >= 15 is 0 Å². The summed E-state index contributed by atoms with van der Waals surface area (Å²) in [4.78, 5) is 17.0. The standard InChI is InChI=1S/C18H23N3O3S/c1-23-15-7-6-11(8-16(15)24-2)14-10-25-18(20-14)21-17(22)13-5-3-4-12(13)9-19/h6-8,10,12-13H,3-5,9,19H2,1-2H3,(H,20,21,22)/t12-,13-/m1/s1. The highest BCUT2D eigenvalue weighted by molar-refractivity contribution is 7.14. The van der Waals surface area contributed by atoms with Gasteiger partial charge in [-0.15, -0.1) is 11.3 Å². The van der Waals surface area contributed by atoms with E-state index in [1.807, 2.05) is 23.6 Å². The van der Waals surface area contributed by atoms with Gasteiger partial charge in [0.05, 0.1) is 19.9 Å².